The third-order valence-electron chi connectivity index (χ3n) is 3.25. The van der Waals surface area contributed by atoms with Crippen LogP contribution in [-0.2, 0) is 0 Å². The maximum absolute atomic E-state index is 6.38. The minimum Gasteiger partial charge on any atom is -0.496 e. The molecule has 19 heavy (non-hydrogen) atoms. The third kappa shape index (κ3) is 2.88. The summed E-state index contributed by atoms with van der Waals surface area (Å²) in [6.07, 6.45) is 0. The van der Waals surface area contributed by atoms with Crippen molar-refractivity contribution in [3.8, 4) is 5.75 Å². The SMILES string of the molecule is CNc1cccc(C(N)c2cc(C)ccc2OC)c1. The molecule has 100 valence electrons. The first-order valence-electron chi connectivity index (χ1n) is 6.33. The predicted molar refractivity (Wildman–Crippen MR) is 79.8 cm³/mol. The van der Waals surface area contributed by atoms with E-state index in [4.69, 9.17) is 10.5 Å². The van der Waals surface area contributed by atoms with Crippen molar-refractivity contribution in [1.82, 2.24) is 0 Å². The average molecular weight is 256 g/mol. The molecule has 3 nitrogen and oxygen atoms in total. The van der Waals surface area contributed by atoms with Gasteiger partial charge in [-0.05, 0) is 30.7 Å². The number of ether oxygens (including phenoxy) is 1. The molecule has 0 aliphatic rings. The normalized spacial score (nSPS) is 12.0. The van der Waals surface area contributed by atoms with Gasteiger partial charge in [0.15, 0.2) is 0 Å². The lowest BCUT2D eigenvalue weighted by molar-refractivity contribution is 0.407. The Hall–Kier alpha value is -2.00. The van der Waals surface area contributed by atoms with E-state index in [1.165, 1.54) is 5.56 Å². The van der Waals surface area contributed by atoms with Gasteiger partial charge < -0.3 is 15.8 Å². The van der Waals surface area contributed by atoms with Crippen molar-refractivity contribution in [2.75, 3.05) is 19.5 Å². The van der Waals surface area contributed by atoms with Crippen LogP contribution in [0.2, 0.25) is 0 Å². The molecular formula is C16H20N2O. The molecule has 3 heteroatoms. The van der Waals surface area contributed by atoms with Gasteiger partial charge in [-0.1, -0.05) is 29.8 Å². The Kier molecular flexibility index (Phi) is 4.07. The van der Waals surface area contributed by atoms with Crippen molar-refractivity contribution in [3.63, 3.8) is 0 Å². The summed E-state index contributed by atoms with van der Waals surface area (Å²) < 4.78 is 5.40. The van der Waals surface area contributed by atoms with E-state index in [9.17, 15) is 0 Å². The summed E-state index contributed by atoms with van der Waals surface area (Å²) >= 11 is 0. The van der Waals surface area contributed by atoms with Gasteiger partial charge in [-0.15, -0.1) is 0 Å². The number of nitrogens with one attached hydrogen (secondary N) is 1. The maximum atomic E-state index is 6.38. The molecule has 1 unspecified atom stereocenters. The van der Waals surface area contributed by atoms with Gasteiger partial charge in [0.25, 0.3) is 0 Å². The molecule has 0 fully saturated rings. The molecule has 0 aliphatic heterocycles. The van der Waals surface area contributed by atoms with Crippen molar-refractivity contribution < 1.29 is 4.74 Å². The zero-order valence-electron chi connectivity index (χ0n) is 11.6. The summed E-state index contributed by atoms with van der Waals surface area (Å²) in [6.45, 7) is 2.06. The van der Waals surface area contributed by atoms with Crippen LogP contribution in [0.25, 0.3) is 0 Å². The molecule has 0 bridgehead atoms. The van der Waals surface area contributed by atoms with Crippen LogP contribution in [0.15, 0.2) is 42.5 Å². The minimum absolute atomic E-state index is 0.192. The monoisotopic (exact) mass is 256 g/mol. The van der Waals surface area contributed by atoms with Gasteiger partial charge in [0.2, 0.25) is 0 Å². The lowest BCUT2D eigenvalue weighted by atomic mass is 9.97. The van der Waals surface area contributed by atoms with Crippen LogP contribution in [0, 0.1) is 6.92 Å². The molecule has 0 saturated carbocycles. The molecule has 2 aromatic carbocycles. The average Bonchev–Trinajstić information content (AvgIpc) is 2.46. The molecule has 3 N–H and O–H groups in total. The molecule has 1 atom stereocenters. The summed E-state index contributed by atoms with van der Waals surface area (Å²) in [5, 5.41) is 3.13. The van der Waals surface area contributed by atoms with Gasteiger partial charge in [-0.25, -0.2) is 0 Å². The number of nitrogens with two attached hydrogens (primary N) is 1. The molecule has 0 aromatic heterocycles. The van der Waals surface area contributed by atoms with E-state index >= 15 is 0 Å². The largest absolute Gasteiger partial charge is 0.496 e. The molecule has 0 saturated heterocycles. The first kappa shape index (κ1) is 13.4. The summed E-state index contributed by atoms with van der Waals surface area (Å²) in [7, 11) is 3.57. The van der Waals surface area contributed by atoms with E-state index in [0.29, 0.717) is 0 Å². The fourth-order valence-electron chi connectivity index (χ4n) is 2.16. The van der Waals surface area contributed by atoms with Gasteiger partial charge in [0.05, 0.1) is 13.2 Å². The molecule has 0 amide bonds. The Morgan fingerprint density at radius 2 is 1.95 bits per heavy atom. The number of hydrogen-bond donors (Lipinski definition) is 2. The minimum atomic E-state index is -0.192. The van der Waals surface area contributed by atoms with Crippen LogP contribution in [0.4, 0.5) is 5.69 Å². The Balaban J connectivity index is 2.42. The Labute approximate surface area is 114 Å². The quantitative estimate of drug-likeness (QED) is 0.883. The highest BCUT2D eigenvalue weighted by Crippen LogP contribution is 2.30. The second-order valence-corrected chi connectivity index (χ2v) is 4.60. The first-order chi connectivity index (χ1) is 9.15. The van der Waals surface area contributed by atoms with Crippen molar-refractivity contribution in [1.29, 1.82) is 0 Å². The maximum Gasteiger partial charge on any atom is 0.123 e. The number of anilines is 1. The second kappa shape index (κ2) is 5.76. The van der Waals surface area contributed by atoms with Gasteiger partial charge in [0.1, 0.15) is 5.75 Å². The number of rotatable bonds is 4. The van der Waals surface area contributed by atoms with Crippen LogP contribution in [-0.4, -0.2) is 14.2 Å². The molecular weight excluding hydrogens is 236 g/mol. The molecule has 2 rings (SSSR count). The van der Waals surface area contributed by atoms with E-state index in [1.807, 2.05) is 37.4 Å². The topological polar surface area (TPSA) is 47.3 Å². The van der Waals surface area contributed by atoms with E-state index in [2.05, 4.69) is 24.4 Å². The Morgan fingerprint density at radius 1 is 1.16 bits per heavy atom. The summed E-state index contributed by atoms with van der Waals surface area (Å²) in [6, 6.07) is 14.0. The molecule has 0 spiro atoms. The van der Waals surface area contributed by atoms with Gasteiger partial charge in [-0.3, -0.25) is 0 Å². The fraction of sp³-hybridized carbons (Fsp3) is 0.250. The molecule has 0 heterocycles. The lowest BCUT2D eigenvalue weighted by Gasteiger charge is -2.17. The summed E-state index contributed by atoms with van der Waals surface area (Å²) in [5.41, 5.74) is 10.7. The van der Waals surface area contributed by atoms with Crippen LogP contribution in [0.1, 0.15) is 22.7 Å². The second-order valence-electron chi connectivity index (χ2n) is 4.60. The van der Waals surface area contributed by atoms with E-state index in [0.717, 1.165) is 22.6 Å². The number of benzene rings is 2. The predicted octanol–water partition coefficient (Wildman–Crippen LogP) is 3.09. The van der Waals surface area contributed by atoms with Crippen molar-refractivity contribution in [3.05, 3.63) is 59.2 Å². The van der Waals surface area contributed by atoms with Crippen molar-refractivity contribution in [2.45, 2.75) is 13.0 Å². The van der Waals surface area contributed by atoms with Gasteiger partial charge in [0, 0.05) is 18.3 Å². The highest BCUT2D eigenvalue weighted by molar-refractivity contribution is 5.50. The van der Waals surface area contributed by atoms with Gasteiger partial charge in [-0.2, -0.15) is 0 Å². The van der Waals surface area contributed by atoms with Crippen LogP contribution in [0.5, 0.6) is 5.75 Å². The smallest absolute Gasteiger partial charge is 0.123 e. The van der Waals surface area contributed by atoms with E-state index in [1.54, 1.807) is 7.11 Å². The van der Waals surface area contributed by atoms with E-state index < -0.39 is 0 Å². The Morgan fingerprint density at radius 3 is 2.63 bits per heavy atom. The molecule has 2 aromatic rings. The standard InChI is InChI=1S/C16H20N2O/c1-11-7-8-15(19-3)14(9-11)16(17)12-5-4-6-13(10-12)18-2/h4-10,16,18H,17H2,1-3H3. The van der Waals surface area contributed by atoms with E-state index in [-0.39, 0.29) is 6.04 Å². The lowest BCUT2D eigenvalue weighted by Crippen LogP contribution is -2.13. The zero-order valence-corrected chi connectivity index (χ0v) is 11.6. The summed E-state index contributed by atoms with van der Waals surface area (Å²) in [4.78, 5) is 0. The van der Waals surface area contributed by atoms with Gasteiger partial charge >= 0.3 is 0 Å². The zero-order chi connectivity index (χ0) is 13.8. The van der Waals surface area contributed by atoms with Crippen molar-refractivity contribution >= 4 is 5.69 Å². The Bertz CT molecular complexity index is 566. The number of methoxy groups -OCH3 is 1. The molecule has 0 radical (unpaired) electrons. The van der Waals surface area contributed by atoms with Crippen LogP contribution >= 0.6 is 0 Å². The van der Waals surface area contributed by atoms with Crippen LogP contribution in [0.3, 0.4) is 0 Å². The van der Waals surface area contributed by atoms with Crippen LogP contribution < -0.4 is 15.8 Å². The number of aryl methyl sites for hydroxylation is 1. The first-order valence-corrected chi connectivity index (χ1v) is 6.33. The fourth-order valence-corrected chi connectivity index (χ4v) is 2.16. The molecule has 0 aliphatic carbocycles. The third-order valence-corrected chi connectivity index (χ3v) is 3.25. The summed E-state index contributed by atoms with van der Waals surface area (Å²) in [5.74, 6) is 0.827. The highest BCUT2D eigenvalue weighted by atomic mass is 16.5. The number of hydrogen-bond acceptors (Lipinski definition) is 3. The highest BCUT2D eigenvalue weighted by Gasteiger charge is 2.14. The van der Waals surface area contributed by atoms with Crippen molar-refractivity contribution in [2.24, 2.45) is 5.73 Å².